The number of hydrogen-bond acceptors (Lipinski definition) is 7. The van der Waals surface area contributed by atoms with Crippen molar-refractivity contribution < 1.29 is 13.9 Å². The van der Waals surface area contributed by atoms with Gasteiger partial charge in [-0.05, 0) is 14.0 Å². The lowest BCUT2D eigenvalue weighted by molar-refractivity contribution is 0.0362. The molecule has 1 aromatic rings. The minimum atomic E-state index is -0.0444. The maximum atomic E-state index is 5.42. The summed E-state index contributed by atoms with van der Waals surface area (Å²) in [5, 5.41) is 13.8. The lowest BCUT2D eigenvalue weighted by Gasteiger charge is -2.13. The standard InChI is InChI=1S/C10H20N4O3/c1-7(11-2)9-13-14-10(17-9)12-5-8(16-4)6-15-3/h7-8,11H,5-6H2,1-4H3,(H,12,14). The third-order valence-electron chi connectivity index (χ3n) is 2.41. The van der Waals surface area contributed by atoms with Crippen LogP contribution >= 0.6 is 0 Å². The number of nitrogens with zero attached hydrogens (tertiary/aromatic N) is 2. The Labute approximate surface area is 101 Å². The number of hydrogen-bond donors (Lipinski definition) is 2. The lowest BCUT2D eigenvalue weighted by atomic mass is 10.3. The SMILES string of the molecule is CNC(C)c1nnc(NCC(COC)OC)o1. The van der Waals surface area contributed by atoms with Crippen LogP contribution in [0.4, 0.5) is 6.01 Å². The molecule has 2 unspecified atom stereocenters. The fourth-order valence-corrected chi connectivity index (χ4v) is 1.20. The minimum absolute atomic E-state index is 0.0373. The fourth-order valence-electron chi connectivity index (χ4n) is 1.20. The average Bonchev–Trinajstić information content (AvgIpc) is 2.82. The Kier molecular flexibility index (Phi) is 5.88. The summed E-state index contributed by atoms with van der Waals surface area (Å²) >= 11 is 0. The van der Waals surface area contributed by atoms with Crippen molar-refractivity contribution in [1.82, 2.24) is 15.5 Å². The molecule has 0 spiro atoms. The number of methoxy groups -OCH3 is 2. The van der Waals surface area contributed by atoms with Gasteiger partial charge in [-0.15, -0.1) is 5.10 Å². The number of anilines is 1. The molecule has 7 heteroatoms. The molecule has 2 atom stereocenters. The van der Waals surface area contributed by atoms with Crippen LogP contribution in [-0.2, 0) is 9.47 Å². The summed E-state index contributed by atoms with van der Waals surface area (Å²) in [6.07, 6.45) is -0.0444. The number of nitrogens with one attached hydrogen (secondary N) is 2. The van der Waals surface area contributed by atoms with Crippen LogP contribution in [0, 0.1) is 0 Å². The largest absolute Gasteiger partial charge is 0.406 e. The van der Waals surface area contributed by atoms with E-state index in [9.17, 15) is 0 Å². The molecule has 1 heterocycles. The molecule has 98 valence electrons. The van der Waals surface area contributed by atoms with E-state index in [0.29, 0.717) is 25.1 Å². The molecule has 7 nitrogen and oxygen atoms in total. The Balaban J connectivity index is 2.43. The molecule has 0 aliphatic heterocycles. The van der Waals surface area contributed by atoms with Crippen LogP contribution in [0.3, 0.4) is 0 Å². The third-order valence-corrected chi connectivity index (χ3v) is 2.41. The maximum Gasteiger partial charge on any atom is 0.315 e. The highest BCUT2D eigenvalue weighted by molar-refractivity contribution is 5.17. The van der Waals surface area contributed by atoms with Crippen LogP contribution in [0.15, 0.2) is 4.42 Å². The van der Waals surface area contributed by atoms with E-state index in [1.807, 2.05) is 14.0 Å². The molecule has 17 heavy (non-hydrogen) atoms. The average molecular weight is 244 g/mol. The second kappa shape index (κ2) is 7.21. The molecular formula is C10H20N4O3. The van der Waals surface area contributed by atoms with Crippen LogP contribution in [0.5, 0.6) is 0 Å². The van der Waals surface area contributed by atoms with Gasteiger partial charge in [0.1, 0.15) is 0 Å². The highest BCUT2D eigenvalue weighted by Gasteiger charge is 2.13. The summed E-state index contributed by atoms with van der Waals surface area (Å²) in [5.74, 6) is 0.552. The molecular weight excluding hydrogens is 224 g/mol. The Morgan fingerprint density at radius 2 is 2.12 bits per heavy atom. The number of aromatic nitrogens is 2. The van der Waals surface area contributed by atoms with Gasteiger partial charge in [0.2, 0.25) is 5.89 Å². The van der Waals surface area contributed by atoms with E-state index in [4.69, 9.17) is 13.9 Å². The highest BCUT2D eigenvalue weighted by atomic mass is 16.5. The van der Waals surface area contributed by atoms with E-state index < -0.39 is 0 Å². The molecule has 0 fully saturated rings. The molecule has 1 aromatic heterocycles. The van der Waals surface area contributed by atoms with Gasteiger partial charge in [0.05, 0.1) is 18.8 Å². The van der Waals surface area contributed by atoms with Crippen molar-refractivity contribution in [3.05, 3.63) is 5.89 Å². The zero-order valence-corrected chi connectivity index (χ0v) is 10.7. The van der Waals surface area contributed by atoms with Crippen LogP contribution in [0.2, 0.25) is 0 Å². The highest BCUT2D eigenvalue weighted by Crippen LogP contribution is 2.12. The van der Waals surface area contributed by atoms with Crippen molar-refractivity contribution in [3.8, 4) is 0 Å². The van der Waals surface area contributed by atoms with Gasteiger partial charge in [0.25, 0.3) is 0 Å². The Morgan fingerprint density at radius 3 is 2.71 bits per heavy atom. The van der Waals surface area contributed by atoms with Crippen LogP contribution < -0.4 is 10.6 Å². The number of ether oxygens (including phenoxy) is 2. The van der Waals surface area contributed by atoms with Gasteiger partial charge < -0.3 is 24.5 Å². The van der Waals surface area contributed by atoms with Gasteiger partial charge in [-0.2, -0.15) is 0 Å². The molecule has 0 amide bonds. The van der Waals surface area contributed by atoms with Crippen molar-refractivity contribution in [1.29, 1.82) is 0 Å². The molecule has 2 N–H and O–H groups in total. The van der Waals surface area contributed by atoms with Gasteiger partial charge >= 0.3 is 6.01 Å². The van der Waals surface area contributed by atoms with Gasteiger partial charge in [-0.3, -0.25) is 0 Å². The quantitative estimate of drug-likeness (QED) is 0.686. The molecule has 0 aliphatic rings. The molecule has 0 aliphatic carbocycles. The molecule has 0 saturated carbocycles. The zero-order valence-electron chi connectivity index (χ0n) is 10.7. The molecule has 1 rings (SSSR count). The van der Waals surface area contributed by atoms with E-state index in [2.05, 4.69) is 20.8 Å². The summed E-state index contributed by atoms with van der Waals surface area (Å²) in [5.41, 5.74) is 0. The summed E-state index contributed by atoms with van der Waals surface area (Å²) in [4.78, 5) is 0. The van der Waals surface area contributed by atoms with Gasteiger partial charge in [-0.1, -0.05) is 5.10 Å². The first kappa shape index (κ1) is 13.9. The van der Waals surface area contributed by atoms with Gasteiger partial charge in [0.15, 0.2) is 0 Å². The molecule has 0 bridgehead atoms. The second-order valence-electron chi connectivity index (χ2n) is 3.65. The molecule has 0 radical (unpaired) electrons. The van der Waals surface area contributed by atoms with Crippen LogP contribution in [0.1, 0.15) is 18.9 Å². The van der Waals surface area contributed by atoms with E-state index >= 15 is 0 Å². The third kappa shape index (κ3) is 4.29. The summed E-state index contributed by atoms with van der Waals surface area (Å²) < 4.78 is 15.6. The van der Waals surface area contributed by atoms with Gasteiger partial charge in [-0.25, -0.2) is 0 Å². The smallest absolute Gasteiger partial charge is 0.315 e. The van der Waals surface area contributed by atoms with Crippen molar-refractivity contribution in [2.24, 2.45) is 0 Å². The topological polar surface area (TPSA) is 81.4 Å². The summed E-state index contributed by atoms with van der Waals surface area (Å²) in [6.45, 7) is 3.01. The first-order chi connectivity index (χ1) is 8.21. The second-order valence-corrected chi connectivity index (χ2v) is 3.65. The predicted molar refractivity (Wildman–Crippen MR) is 62.9 cm³/mol. The van der Waals surface area contributed by atoms with Crippen LogP contribution in [-0.4, -0.2) is 50.7 Å². The molecule has 0 aromatic carbocycles. The first-order valence-electron chi connectivity index (χ1n) is 5.47. The summed E-state index contributed by atoms with van der Waals surface area (Å²) in [6, 6.07) is 0.426. The minimum Gasteiger partial charge on any atom is -0.406 e. The molecule has 0 saturated heterocycles. The van der Waals surface area contributed by atoms with E-state index in [-0.39, 0.29) is 12.1 Å². The van der Waals surface area contributed by atoms with E-state index in [0.717, 1.165) is 0 Å². The van der Waals surface area contributed by atoms with Gasteiger partial charge in [0, 0.05) is 20.8 Å². The number of rotatable bonds is 8. The fraction of sp³-hybridized carbons (Fsp3) is 0.800. The summed E-state index contributed by atoms with van der Waals surface area (Å²) in [7, 11) is 5.10. The van der Waals surface area contributed by atoms with Crippen molar-refractivity contribution in [2.45, 2.75) is 19.1 Å². The Bertz CT molecular complexity index is 318. The normalized spacial score (nSPS) is 14.6. The Hall–Kier alpha value is -1.18. The van der Waals surface area contributed by atoms with Crippen LogP contribution in [0.25, 0.3) is 0 Å². The van der Waals surface area contributed by atoms with Crippen molar-refractivity contribution in [3.63, 3.8) is 0 Å². The predicted octanol–water partition coefficient (Wildman–Crippen LogP) is 0.423. The van der Waals surface area contributed by atoms with E-state index in [1.54, 1.807) is 14.2 Å². The van der Waals surface area contributed by atoms with Crippen molar-refractivity contribution >= 4 is 6.01 Å². The first-order valence-corrected chi connectivity index (χ1v) is 5.47. The lowest BCUT2D eigenvalue weighted by Crippen LogP contribution is -2.26. The monoisotopic (exact) mass is 244 g/mol. The zero-order chi connectivity index (χ0) is 12.7. The van der Waals surface area contributed by atoms with E-state index in [1.165, 1.54) is 0 Å². The maximum absolute atomic E-state index is 5.42. The van der Waals surface area contributed by atoms with Crippen molar-refractivity contribution in [2.75, 3.05) is 39.7 Å². The Morgan fingerprint density at radius 1 is 1.35 bits per heavy atom.